The molecule has 2 aromatic heterocycles. The zero-order valence-corrected chi connectivity index (χ0v) is 11.8. The predicted octanol–water partition coefficient (Wildman–Crippen LogP) is 3.20. The van der Waals surface area contributed by atoms with Crippen molar-refractivity contribution in [3.8, 4) is 11.3 Å². The number of carbonyl (C=O) groups excluding carboxylic acids is 1. The summed E-state index contributed by atoms with van der Waals surface area (Å²) in [5, 5.41) is 5.96. The van der Waals surface area contributed by atoms with Crippen LogP contribution in [0.2, 0.25) is 0 Å². The molecule has 1 amide bonds. The Morgan fingerprint density at radius 1 is 1.27 bits per heavy atom. The average Bonchev–Trinajstić information content (AvgIpc) is 3.06. The van der Waals surface area contributed by atoms with Crippen LogP contribution >= 0.6 is 0 Å². The molecule has 0 unspecified atom stereocenters. The highest BCUT2D eigenvalue weighted by Crippen LogP contribution is 2.35. The lowest BCUT2D eigenvalue weighted by molar-refractivity contribution is -0.115. The number of aryl methyl sites for hydroxylation is 1. The molecule has 0 saturated carbocycles. The molecule has 3 heterocycles. The van der Waals surface area contributed by atoms with E-state index in [1.54, 1.807) is 4.40 Å². The van der Waals surface area contributed by atoms with E-state index in [-0.39, 0.29) is 11.7 Å². The van der Waals surface area contributed by atoms with E-state index in [0.717, 1.165) is 22.5 Å². The molecule has 0 aliphatic carbocycles. The molecule has 0 saturated heterocycles. The first-order valence-corrected chi connectivity index (χ1v) is 6.92. The fraction of sp³-hybridized carbons (Fsp3) is 0.125. The number of aromatic nitrogens is 2. The molecule has 108 valence electrons. The summed E-state index contributed by atoms with van der Waals surface area (Å²) in [7, 11) is 0. The first-order valence-electron chi connectivity index (χ1n) is 6.92. The lowest BCUT2D eigenvalue weighted by atomic mass is 10.1. The number of hydrogen-bond donors (Lipinski definition) is 1. The summed E-state index contributed by atoms with van der Waals surface area (Å²) in [6, 6.07) is 11.2. The van der Waals surface area contributed by atoms with E-state index in [9.17, 15) is 9.70 Å². The molecule has 6 heteroatoms. The van der Waals surface area contributed by atoms with E-state index in [1.807, 2.05) is 43.3 Å². The third-order valence-corrected chi connectivity index (χ3v) is 3.90. The van der Waals surface area contributed by atoms with E-state index in [4.69, 9.17) is 0 Å². The standard InChI is InChI=1S/C16H12N4O2/c1-9-3-2-4-13-18-15(16(19-22)20(9)13)10-5-6-12-11(7-10)8-14(21)17-12/h2-7H,8H2,1H3,(H,17,21). The van der Waals surface area contributed by atoms with Crippen LogP contribution in [0.3, 0.4) is 0 Å². The van der Waals surface area contributed by atoms with Crippen LogP contribution in [-0.4, -0.2) is 15.3 Å². The minimum Gasteiger partial charge on any atom is -0.326 e. The van der Waals surface area contributed by atoms with Crippen molar-refractivity contribution in [2.24, 2.45) is 5.18 Å². The zero-order valence-electron chi connectivity index (χ0n) is 11.8. The summed E-state index contributed by atoms with van der Waals surface area (Å²) < 4.78 is 1.74. The fourth-order valence-corrected chi connectivity index (χ4v) is 2.89. The van der Waals surface area contributed by atoms with Gasteiger partial charge in [-0.3, -0.25) is 9.20 Å². The van der Waals surface area contributed by atoms with Gasteiger partial charge in [0.15, 0.2) is 0 Å². The molecule has 1 aliphatic rings. The number of imidazole rings is 1. The first-order chi connectivity index (χ1) is 10.7. The van der Waals surface area contributed by atoms with Crippen LogP contribution in [0.1, 0.15) is 11.3 Å². The summed E-state index contributed by atoms with van der Waals surface area (Å²) in [5.74, 6) is 0.261. The van der Waals surface area contributed by atoms with Gasteiger partial charge >= 0.3 is 0 Å². The second-order valence-corrected chi connectivity index (χ2v) is 5.33. The molecular formula is C16H12N4O2. The molecule has 6 nitrogen and oxygen atoms in total. The first kappa shape index (κ1) is 12.7. The molecule has 1 aliphatic heterocycles. The van der Waals surface area contributed by atoms with Crippen molar-refractivity contribution in [1.82, 2.24) is 9.38 Å². The van der Waals surface area contributed by atoms with Crippen molar-refractivity contribution in [3.05, 3.63) is 52.6 Å². The van der Waals surface area contributed by atoms with Gasteiger partial charge in [0, 0.05) is 16.9 Å². The SMILES string of the molecule is Cc1cccc2nc(-c3ccc4c(c3)CC(=O)N4)c(N=O)n12. The Morgan fingerprint density at radius 2 is 2.14 bits per heavy atom. The summed E-state index contributed by atoms with van der Waals surface area (Å²) in [4.78, 5) is 27.3. The molecule has 0 atom stereocenters. The Kier molecular flexibility index (Phi) is 2.59. The third-order valence-electron chi connectivity index (χ3n) is 3.90. The molecule has 1 aromatic carbocycles. The van der Waals surface area contributed by atoms with Gasteiger partial charge in [0.05, 0.1) is 6.42 Å². The largest absolute Gasteiger partial charge is 0.326 e. The second kappa shape index (κ2) is 4.49. The highest BCUT2D eigenvalue weighted by atomic mass is 16.3. The van der Waals surface area contributed by atoms with Gasteiger partial charge in [-0.2, -0.15) is 0 Å². The molecule has 22 heavy (non-hydrogen) atoms. The normalized spacial score (nSPS) is 13.2. The summed E-state index contributed by atoms with van der Waals surface area (Å²) >= 11 is 0. The van der Waals surface area contributed by atoms with Gasteiger partial charge in [-0.05, 0) is 41.9 Å². The van der Waals surface area contributed by atoms with Gasteiger partial charge in [0.1, 0.15) is 11.3 Å². The van der Waals surface area contributed by atoms with E-state index in [1.165, 1.54) is 0 Å². The van der Waals surface area contributed by atoms with Crippen LogP contribution in [-0.2, 0) is 11.2 Å². The van der Waals surface area contributed by atoms with Crippen LogP contribution in [0.4, 0.5) is 11.5 Å². The molecule has 3 aromatic rings. The van der Waals surface area contributed by atoms with Crippen LogP contribution < -0.4 is 5.32 Å². The van der Waals surface area contributed by atoms with Crippen LogP contribution in [0.5, 0.6) is 0 Å². The van der Waals surface area contributed by atoms with E-state index in [2.05, 4.69) is 15.5 Å². The smallest absolute Gasteiger partial charge is 0.228 e. The Balaban J connectivity index is 1.95. The van der Waals surface area contributed by atoms with Gasteiger partial charge in [0.2, 0.25) is 11.7 Å². The van der Waals surface area contributed by atoms with E-state index >= 15 is 0 Å². The minimum atomic E-state index is -0.0215. The number of benzene rings is 1. The van der Waals surface area contributed by atoms with Crippen LogP contribution in [0.25, 0.3) is 16.9 Å². The number of nitrogens with zero attached hydrogens (tertiary/aromatic N) is 3. The quantitative estimate of drug-likeness (QED) is 0.737. The maximum Gasteiger partial charge on any atom is 0.228 e. The number of rotatable bonds is 2. The molecule has 0 fully saturated rings. The van der Waals surface area contributed by atoms with E-state index < -0.39 is 0 Å². The summed E-state index contributed by atoms with van der Waals surface area (Å²) in [6.45, 7) is 1.90. The van der Waals surface area contributed by atoms with Gasteiger partial charge in [-0.15, -0.1) is 4.91 Å². The highest BCUT2D eigenvalue weighted by Gasteiger charge is 2.21. The molecular weight excluding hydrogens is 280 g/mol. The molecule has 4 rings (SSSR count). The van der Waals surface area contributed by atoms with Crippen molar-refractivity contribution in [2.75, 3.05) is 5.32 Å². The Hall–Kier alpha value is -3.02. The van der Waals surface area contributed by atoms with Crippen LogP contribution in [0, 0.1) is 11.8 Å². The lowest BCUT2D eigenvalue weighted by Gasteiger charge is -2.02. The third kappa shape index (κ3) is 1.74. The number of fused-ring (bicyclic) bond motifs is 2. The molecule has 1 N–H and O–H groups in total. The maximum atomic E-state index is 11.5. The number of amides is 1. The number of anilines is 1. The monoisotopic (exact) mass is 292 g/mol. The Morgan fingerprint density at radius 3 is 2.95 bits per heavy atom. The van der Waals surface area contributed by atoms with Crippen molar-refractivity contribution >= 4 is 23.1 Å². The molecule has 0 bridgehead atoms. The van der Waals surface area contributed by atoms with Crippen molar-refractivity contribution in [2.45, 2.75) is 13.3 Å². The molecule has 0 radical (unpaired) electrons. The fourth-order valence-electron chi connectivity index (χ4n) is 2.89. The summed E-state index contributed by atoms with van der Waals surface area (Å²) in [5.41, 5.74) is 4.62. The van der Waals surface area contributed by atoms with Gasteiger partial charge in [0.25, 0.3) is 0 Å². The average molecular weight is 292 g/mol. The van der Waals surface area contributed by atoms with E-state index in [0.29, 0.717) is 17.8 Å². The Bertz CT molecular complexity index is 943. The van der Waals surface area contributed by atoms with Crippen molar-refractivity contribution in [1.29, 1.82) is 0 Å². The van der Waals surface area contributed by atoms with Gasteiger partial charge < -0.3 is 5.32 Å². The Labute approximate surface area is 125 Å². The predicted molar refractivity (Wildman–Crippen MR) is 83.2 cm³/mol. The number of pyridine rings is 1. The second-order valence-electron chi connectivity index (χ2n) is 5.33. The van der Waals surface area contributed by atoms with Crippen molar-refractivity contribution in [3.63, 3.8) is 0 Å². The zero-order chi connectivity index (χ0) is 15.3. The van der Waals surface area contributed by atoms with Crippen LogP contribution in [0.15, 0.2) is 41.6 Å². The van der Waals surface area contributed by atoms with Crippen molar-refractivity contribution < 1.29 is 4.79 Å². The highest BCUT2D eigenvalue weighted by molar-refractivity contribution is 5.99. The topological polar surface area (TPSA) is 75.8 Å². The summed E-state index contributed by atoms with van der Waals surface area (Å²) in [6.07, 6.45) is 0.347. The molecule has 0 spiro atoms. The maximum absolute atomic E-state index is 11.5. The number of nitrogens with one attached hydrogen (secondary N) is 1. The minimum absolute atomic E-state index is 0.0215. The number of nitroso groups, excluding NO2 is 1. The number of carbonyl (C=O) groups is 1. The van der Waals surface area contributed by atoms with Gasteiger partial charge in [-0.25, -0.2) is 4.98 Å². The number of hydrogen-bond acceptors (Lipinski definition) is 4. The lowest BCUT2D eigenvalue weighted by Crippen LogP contribution is -2.03. The van der Waals surface area contributed by atoms with Gasteiger partial charge in [-0.1, -0.05) is 12.1 Å².